The van der Waals surface area contributed by atoms with E-state index in [1.165, 1.54) is 18.2 Å². The van der Waals surface area contributed by atoms with Crippen molar-refractivity contribution in [1.29, 1.82) is 0 Å². The summed E-state index contributed by atoms with van der Waals surface area (Å²) in [5, 5.41) is 2.60. The van der Waals surface area contributed by atoms with Crippen molar-refractivity contribution in [2.45, 2.75) is 6.18 Å². The van der Waals surface area contributed by atoms with Crippen molar-refractivity contribution in [1.82, 2.24) is 0 Å². The summed E-state index contributed by atoms with van der Waals surface area (Å²) in [4.78, 5) is 0. The predicted molar refractivity (Wildman–Crippen MR) is 73.2 cm³/mol. The molecule has 20 heavy (non-hydrogen) atoms. The summed E-state index contributed by atoms with van der Waals surface area (Å²) < 4.78 is 51.9. The van der Waals surface area contributed by atoms with Crippen molar-refractivity contribution in [3.8, 4) is 0 Å². The number of halogens is 5. The third-order valence-electron chi connectivity index (χ3n) is 2.56. The summed E-state index contributed by atoms with van der Waals surface area (Å²) in [6, 6.07) is 6.99. The summed E-state index contributed by atoms with van der Waals surface area (Å²) in [5.41, 5.74) is 4.97. The topological polar surface area (TPSA) is 38.0 Å². The van der Waals surface area contributed by atoms with Crippen LogP contribution in [0.1, 0.15) is 5.56 Å². The van der Waals surface area contributed by atoms with Crippen molar-refractivity contribution in [3.05, 3.63) is 52.3 Å². The third kappa shape index (κ3) is 3.22. The van der Waals surface area contributed by atoms with Gasteiger partial charge in [-0.15, -0.1) is 0 Å². The van der Waals surface area contributed by atoms with Gasteiger partial charge in [0, 0.05) is 10.2 Å². The third-order valence-corrected chi connectivity index (χ3v) is 3.25. The molecule has 0 spiro atoms. The molecule has 0 aliphatic rings. The van der Waals surface area contributed by atoms with Gasteiger partial charge in [-0.1, -0.05) is 0 Å². The normalized spacial score (nSPS) is 11.4. The van der Waals surface area contributed by atoms with Gasteiger partial charge in [-0.05, 0) is 52.3 Å². The molecule has 7 heteroatoms. The Labute approximate surface area is 120 Å². The number of nitrogen functional groups attached to an aromatic ring is 1. The van der Waals surface area contributed by atoms with E-state index in [0.717, 1.165) is 18.2 Å². The van der Waals surface area contributed by atoms with E-state index in [1.807, 2.05) is 0 Å². The molecule has 0 atom stereocenters. The Morgan fingerprint density at radius 1 is 1.00 bits per heavy atom. The van der Waals surface area contributed by atoms with Crippen LogP contribution in [0.25, 0.3) is 0 Å². The van der Waals surface area contributed by atoms with E-state index in [2.05, 4.69) is 21.2 Å². The zero-order valence-corrected chi connectivity index (χ0v) is 11.5. The summed E-state index contributed by atoms with van der Waals surface area (Å²) >= 11 is 3.12. The minimum Gasteiger partial charge on any atom is -0.399 e. The molecule has 0 fully saturated rings. The minimum absolute atomic E-state index is 0.0409. The highest BCUT2D eigenvalue weighted by Gasteiger charge is 2.30. The van der Waals surface area contributed by atoms with E-state index in [-0.39, 0.29) is 17.1 Å². The predicted octanol–water partition coefficient (Wildman–Crippen LogP) is 4.93. The second-order valence-electron chi connectivity index (χ2n) is 4.06. The molecule has 2 aromatic carbocycles. The molecule has 0 saturated heterocycles. The zero-order chi connectivity index (χ0) is 14.9. The molecule has 0 unspecified atom stereocenters. The lowest BCUT2D eigenvalue weighted by Crippen LogP contribution is -2.06. The van der Waals surface area contributed by atoms with E-state index in [4.69, 9.17) is 5.73 Å². The molecule has 3 N–H and O–H groups in total. The molecule has 2 nitrogen and oxygen atoms in total. The molecule has 0 heterocycles. The van der Waals surface area contributed by atoms with Crippen LogP contribution in [-0.4, -0.2) is 0 Å². The Balaban J connectivity index is 2.38. The van der Waals surface area contributed by atoms with Crippen LogP contribution in [0, 0.1) is 5.82 Å². The van der Waals surface area contributed by atoms with Crippen LogP contribution in [0.4, 0.5) is 34.6 Å². The van der Waals surface area contributed by atoms with Gasteiger partial charge >= 0.3 is 6.18 Å². The number of benzene rings is 2. The quantitative estimate of drug-likeness (QED) is 0.596. The summed E-state index contributed by atoms with van der Waals surface area (Å²) in [6.07, 6.45) is -4.46. The molecular formula is C13H9BrF4N2. The molecule has 0 bridgehead atoms. The van der Waals surface area contributed by atoms with Crippen molar-refractivity contribution in [2.75, 3.05) is 11.1 Å². The van der Waals surface area contributed by atoms with Gasteiger partial charge in [-0.3, -0.25) is 0 Å². The first-order valence-electron chi connectivity index (χ1n) is 5.46. The molecule has 0 aliphatic heterocycles. The summed E-state index contributed by atoms with van der Waals surface area (Å²) in [7, 11) is 0. The van der Waals surface area contributed by atoms with E-state index >= 15 is 0 Å². The van der Waals surface area contributed by atoms with Crippen LogP contribution in [0.15, 0.2) is 40.9 Å². The lowest BCUT2D eigenvalue weighted by Gasteiger charge is -2.13. The first-order chi connectivity index (χ1) is 9.27. The largest absolute Gasteiger partial charge is 0.416 e. The van der Waals surface area contributed by atoms with Gasteiger partial charge in [-0.2, -0.15) is 13.2 Å². The Kier molecular flexibility index (Phi) is 3.89. The number of alkyl halides is 3. The van der Waals surface area contributed by atoms with Gasteiger partial charge < -0.3 is 11.1 Å². The van der Waals surface area contributed by atoms with E-state index in [0.29, 0.717) is 4.47 Å². The van der Waals surface area contributed by atoms with E-state index < -0.39 is 17.6 Å². The SMILES string of the molecule is Nc1ccc(Nc2cc(C(F)(F)F)ccc2Br)c(F)c1. The molecule has 0 aliphatic carbocycles. The standard InChI is InChI=1S/C13H9BrF4N2/c14-9-3-1-7(13(16,17)18)5-12(9)20-11-4-2-8(19)6-10(11)15/h1-6,20H,19H2. The van der Waals surface area contributed by atoms with E-state index in [1.54, 1.807) is 0 Å². The van der Waals surface area contributed by atoms with Gasteiger partial charge in [0.25, 0.3) is 0 Å². The van der Waals surface area contributed by atoms with Gasteiger partial charge in [0.1, 0.15) is 5.82 Å². The Morgan fingerprint density at radius 2 is 1.70 bits per heavy atom. The fourth-order valence-corrected chi connectivity index (χ4v) is 1.92. The number of hydrogen-bond acceptors (Lipinski definition) is 2. The van der Waals surface area contributed by atoms with Gasteiger partial charge in [0.2, 0.25) is 0 Å². The van der Waals surface area contributed by atoms with E-state index in [9.17, 15) is 17.6 Å². The van der Waals surface area contributed by atoms with Crippen LogP contribution in [-0.2, 0) is 6.18 Å². The maximum absolute atomic E-state index is 13.6. The average molecular weight is 349 g/mol. The Bertz CT molecular complexity index is 641. The molecule has 2 aromatic rings. The second kappa shape index (κ2) is 5.32. The monoisotopic (exact) mass is 348 g/mol. The van der Waals surface area contributed by atoms with Crippen molar-refractivity contribution < 1.29 is 17.6 Å². The average Bonchev–Trinajstić information content (AvgIpc) is 2.33. The lowest BCUT2D eigenvalue weighted by atomic mass is 10.2. The Morgan fingerprint density at radius 3 is 2.30 bits per heavy atom. The van der Waals surface area contributed by atoms with Crippen molar-refractivity contribution >= 4 is 33.0 Å². The number of nitrogens with one attached hydrogen (secondary N) is 1. The van der Waals surface area contributed by atoms with Crippen LogP contribution in [0.5, 0.6) is 0 Å². The maximum Gasteiger partial charge on any atom is 0.416 e. The zero-order valence-electron chi connectivity index (χ0n) is 9.93. The molecular weight excluding hydrogens is 340 g/mol. The lowest BCUT2D eigenvalue weighted by molar-refractivity contribution is -0.137. The number of anilines is 3. The summed E-state index contributed by atoms with van der Waals surface area (Å²) in [5.74, 6) is -0.644. The maximum atomic E-state index is 13.6. The minimum atomic E-state index is -4.46. The van der Waals surface area contributed by atoms with Crippen LogP contribution < -0.4 is 11.1 Å². The molecule has 2 rings (SSSR count). The smallest absolute Gasteiger partial charge is 0.399 e. The van der Waals surface area contributed by atoms with Gasteiger partial charge in [0.05, 0.1) is 16.9 Å². The number of nitrogens with two attached hydrogens (primary N) is 1. The first-order valence-corrected chi connectivity index (χ1v) is 6.25. The van der Waals surface area contributed by atoms with Crippen LogP contribution >= 0.6 is 15.9 Å². The highest BCUT2D eigenvalue weighted by molar-refractivity contribution is 9.10. The Hall–Kier alpha value is -1.76. The fraction of sp³-hybridized carbons (Fsp3) is 0.0769. The van der Waals surface area contributed by atoms with Crippen molar-refractivity contribution in [3.63, 3.8) is 0 Å². The molecule has 106 valence electrons. The molecule has 0 aromatic heterocycles. The number of rotatable bonds is 2. The second-order valence-corrected chi connectivity index (χ2v) is 4.91. The highest BCUT2D eigenvalue weighted by atomic mass is 79.9. The number of hydrogen-bond donors (Lipinski definition) is 2. The molecule has 0 saturated carbocycles. The fourth-order valence-electron chi connectivity index (χ4n) is 1.58. The first kappa shape index (κ1) is 14.6. The summed E-state index contributed by atoms with van der Waals surface area (Å²) in [6.45, 7) is 0. The van der Waals surface area contributed by atoms with Crippen molar-refractivity contribution in [2.24, 2.45) is 0 Å². The molecule has 0 amide bonds. The molecule has 0 radical (unpaired) electrons. The van der Waals surface area contributed by atoms with Gasteiger partial charge in [-0.25, -0.2) is 4.39 Å². The van der Waals surface area contributed by atoms with Crippen LogP contribution in [0.3, 0.4) is 0 Å². The van der Waals surface area contributed by atoms with Crippen LogP contribution in [0.2, 0.25) is 0 Å². The highest BCUT2D eigenvalue weighted by Crippen LogP contribution is 2.35. The van der Waals surface area contributed by atoms with Gasteiger partial charge in [0.15, 0.2) is 0 Å².